The van der Waals surface area contributed by atoms with Crippen LogP contribution < -0.4 is 5.32 Å². The summed E-state index contributed by atoms with van der Waals surface area (Å²) < 4.78 is 0. The van der Waals surface area contributed by atoms with E-state index in [0.29, 0.717) is 6.54 Å². The molecule has 0 aromatic heterocycles. The predicted octanol–water partition coefficient (Wildman–Crippen LogP) is 1.14. The number of aliphatic carboxylic acids is 2. The number of hydrogen-bond donors (Lipinski definition) is 3. The van der Waals surface area contributed by atoms with E-state index in [9.17, 15) is 14.4 Å². The number of nitrogens with zero attached hydrogens (tertiary/aromatic N) is 1. The maximum Gasteiger partial charge on any atom is 0.326 e. The third kappa shape index (κ3) is 8.01. The second-order valence-corrected chi connectivity index (χ2v) is 4.40. The zero-order valence-electron chi connectivity index (χ0n) is 11.4. The van der Waals surface area contributed by atoms with Crippen LogP contribution in [0.4, 0.5) is 4.79 Å². The number of unbranched alkanes of at least 4 members (excludes halogenated alkanes) is 1. The van der Waals surface area contributed by atoms with Gasteiger partial charge in [-0.05, 0) is 19.3 Å². The second-order valence-electron chi connectivity index (χ2n) is 4.40. The van der Waals surface area contributed by atoms with E-state index in [0.717, 1.165) is 12.8 Å². The van der Waals surface area contributed by atoms with Crippen molar-refractivity contribution in [2.24, 2.45) is 0 Å². The Kier molecular flexibility index (Phi) is 8.32. The Bertz CT molecular complexity index is 319. The summed E-state index contributed by atoms with van der Waals surface area (Å²) in [5, 5.41) is 19.8. The Morgan fingerprint density at radius 3 is 2.32 bits per heavy atom. The van der Waals surface area contributed by atoms with Crippen molar-refractivity contribution in [2.75, 3.05) is 13.6 Å². The van der Waals surface area contributed by atoms with Gasteiger partial charge in [0.1, 0.15) is 6.04 Å². The average molecular weight is 274 g/mol. The van der Waals surface area contributed by atoms with Gasteiger partial charge in [0.05, 0.1) is 0 Å². The Balaban J connectivity index is 4.21. The minimum absolute atomic E-state index is 0.106. The van der Waals surface area contributed by atoms with Crippen LogP contribution in [-0.4, -0.2) is 52.7 Å². The van der Waals surface area contributed by atoms with Crippen molar-refractivity contribution in [1.82, 2.24) is 10.2 Å². The highest BCUT2D eigenvalue weighted by Gasteiger charge is 2.21. The van der Waals surface area contributed by atoms with Gasteiger partial charge in [-0.1, -0.05) is 13.3 Å². The lowest BCUT2D eigenvalue weighted by atomic mass is 10.1. The fourth-order valence-electron chi connectivity index (χ4n) is 1.47. The largest absolute Gasteiger partial charge is 0.481 e. The molecular formula is C12H22N2O5. The van der Waals surface area contributed by atoms with Gasteiger partial charge in [-0.15, -0.1) is 0 Å². The summed E-state index contributed by atoms with van der Waals surface area (Å²) in [4.78, 5) is 34.4. The number of carboxylic acid groups (broad SMARTS) is 2. The van der Waals surface area contributed by atoms with Crippen LogP contribution >= 0.6 is 0 Å². The zero-order valence-corrected chi connectivity index (χ0v) is 11.4. The molecular weight excluding hydrogens is 252 g/mol. The van der Waals surface area contributed by atoms with E-state index in [1.165, 1.54) is 4.90 Å². The Morgan fingerprint density at radius 2 is 1.84 bits per heavy atom. The van der Waals surface area contributed by atoms with Gasteiger partial charge < -0.3 is 20.4 Å². The molecule has 0 bridgehead atoms. The third-order valence-corrected chi connectivity index (χ3v) is 2.67. The molecule has 19 heavy (non-hydrogen) atoms. The Hall–Kier alpha value is -1.79. The quantitative estimate of drug-likeness (QED) is 0.584. The number of nitrogens with one attached hydrogen (secondary N) is 1. The standard InChI is InChI=1S/C12H22N2O5/c1-3-4-8-14(2)12(19)13-9(11(17)18)6-5-7-10(15)16/h9H,3-8H2,1-2H3,(H,13,19)(H,15,16)(H,17,18)/t9-/m1/s1. The van der Waals surface area contributed by atoms with E-state index in [1.807, 2.05) is 6.92 Å². The fourth-order valence-corrected chi connectivity index (χ4v) is 1.47. The lowest BCUT2D eigenvalue weighted by Crippen LogP contribution is -2.46. The molecule has 3 N–H and O–H groups in total. The fraction of sp³-hybridized carbons (Fsp3) is 0.750. The van der Waals surface area contributed by atoms with Crippen molar-refractivity contribution in [3.05, 3.63) is 0 Å². The van der Waals surface area contributed by atoms with Crippen molar-refractivity contribution in [3.8, 4) is 0 Å². The van der Waals surface area contributed by atoms with Crippen LogP contribution in [0.15, 0.2) is 0 Å². The Labute approximate surface area is 112 Å². The summed E-state index contributed by atoms with van der Waals surface area (Å²) in [6, 6.07) is -1.49. The lowest BCUT2D eigenvalue weighted by Gasteiger charge is -2.21. The lowest BCUT2D eigenvalue weighted by molar-refractivity contribution is -0.140. The second kappa shape index (κ2) is 9.18. The monoisotopic (exact) mass is 274 g/mol. The van der Waals surface area contributed by atoms with E-state index < -0.39 is 24.0 Å². The van der Waals surface area contributed by atoms with Crippen LogP contribution in [0.3, 0.4) is 0 Å². The first-order chi connectivity index (χ1) is 8.88. The molecule has 7 heteroatoms. The van der Waals surface area contributed by atoms with Crippen LogP contribution in [-0.2, 0) is 9.59 Å². The molecule has 0 aliphatic heterocycles. The SMILES string of the molecule is CCCCN(C)C(=O)N[C@H](CCCC(=O)O)C(=O)O. The molecule has 110 valence electrons. The number of rotatable bonds is 9. The summed E-state index contributed by atoms with van der Waals surface area (Å²) in [6.45, 7) is 2.56. The van der Waals surface area contributed by atoms with E-state index in [4.69, 9.17) is 10.2 Å². The zero-order chi connectivity index (χ0) is 14.8. The van der Waals surface area contributed by atoms with Crippen molar-refractivity contribution in [3.63, 3.8) is 0 Å². The highest BCUT2D eigenvalue weighted by molar-refractivity contribution is 5.82. The molecule has 1 atom stereocenters. The molecule has 0 fully saturated rings. The van der Waals surface area contributed by atoms with Crippen molar-refractivity contribution >= 4 is 18.0 Å². The van der Waals surface area contributed by atoms with Gasteiger partial charge in [-0.2, -0.15) is 0 Å². The number of carbonyl (C=O) groups excluding carboxylic acids is 1. The summed E-state index contributed by atoms with van der Waals surface area (Å²) in [5.41, 5.74) is 0. The van der Waals surface area contributed by atoms with Gasteiger partial charge in [-0.25, -0.2) is 9.59 Å². The third-order valence-electron chi connectivity index (χ3n) is 2.67. The van der Waals surface area contributed by atoms with Crippen LogP contribution in [0.1, 0.15) is 39.0 Å². The first kappa shape index (κ1) is 17.2. The maximum absolute atomic E-state index is 11.7. The molecule has 2 amide bonds. The average Bonchev–Trinajstić information content (AvgIpc) is 2.33. The van der Waals surface area contributed by atoms with Gasteiger partial charge in [0, 0.05) is 20.0 Å². The minimum atomic E-state index is -1.15. The summed E-state index contributed by atoms with van der Waals surface area (Å²) in [7, 11) is 1.60. The van der Waals surface area contributed by atoms with Crippen molar-refractivity contribution in [2.45, 2.75) is 45.1 Å². The molecule has 0 saturated heterocycles. The number of urea groups is 1. The molecule has 0 unspecified atom stereocenters. The van der Waals surface area contributed by atoms with Crippen LogP contribution in [0, 0.1) is 0 Å². The van der Waals surface area contributed by atoms with Crippen LogP contribution in [0.2, 0.25) is 0 Å². The van der Waals surface area contributed by atoms with E-state index >= 15 is 0 Å². The normalized spacial score (nSPS) is 11.7. The predicted molar refractivity (Wildman–Crippen MR) is 69.0 cm³/mol. The maximum atomic E-state index is 11.7. The summed E-state index contributed by atoms with van der Waals surface area (Å²) >= 11 is 0. The molecule has 0 rings (SSSR count). The molecule has 0 heterocycles. The van der Waals surface area contributed by atoms with Gasteiger partial charge in [0.25, 0.3) is 0 Å². The van der Waals surface area contributed by atoms with Crippen molar-refractivity contribution < 1.29 is 24.6 Å². The number of carbonyl (C=O) groups is 3. The van der Waals surface area contributed by atoms with E-state index in [1.54, 1.807) is 7.05 Å². The van der Waals surface area contributed by atoms with Gasteiger partial charge in [0.15, 0.2) is 0 Å². The number of amides is 2. The molecule has 0 saturated carbocycles. The molecule has 7 nitrogen and oxygen atoms in total. The van der Waals surface area contributed by atoms with Gasteiger partial charge in [0.2, 0.25) is 0 Å². The Morgan fingerprint density at radius 1 is 1.21 bits per heavy atom. The molecule has 0 aliphatic rings. The van der Waals surface area contributed by atoms with E-state index in [2.05, 4.69) is 5.32 Å². The summed E-state index contributed by atoms with van der Waals surface area (Å²) in [5.74, 6) is -2.13. The number of hydrogen-bond acceptors (Lipinski definition) is 3. The van der Waals surface area contributed by atoms with Crippen LogP contribution in [0.5, 0.6) is 0 Å². The number of carboxylic acids is 2. The molecule has 0 aliphatic carbocycles. The molecule has 0 aromatic rings. The van der Waals surface area contributed by atoms with Gasteiger partial charge >= 0.3 is 18.0 Å². The van der Waals surface area contributed by atoms with Gasteiger partial charge in [-0.3, -0.25) is 4.79 Å². The first-order valence-electron chi connectivity index (χ1n) is 6.34. The molecule has 0 aromatic carbocycles. The van der Waals surface area contributed by atoms with E-state index in [-0.39, 0.29) is 19.3 Å². The molecule has 0 spiro atoms. The smallest absolute Gasteiger partial charge is 0.326 e. The highest BCUT2D eigenvalue weighted by Crippen LogP contribution is 2.03. The highest BCUT2D eigenvalue weighted by atomic mass is 16.4. The summed E-state index contributed by atoms with van der Waals surface area (Å²) in [6.07, 6.45) is 2.00. The minimum Gasteiger partial charge on any atom is -0.481 e. The topological polar surface area (TPSA) is 107 Å². The first-order valence-corrected chi connectivity index (χ1v) is 6.34. The van der Waals surface area contributed by atoms with Crippen LogP contribution in [0.25, 0.3) is 0 Å². The van der Waals surface area contributed by atoms with Crippen molar-refractivity contribution in [1.29, 1.82) is 0 Å². The molecule has 0 radical (unpaired) electrons.